The van der Waals surface area contributed by atoms with Crippen molar-refractivity contribution in [2.24, 2.45) is 0 Å². The van der Waals surface area contributed by atoms with Crippen molar-refractivity contribution in [3.8, 4) is 0 Å². The quantitative estimate of drug-likeness (QED) is 0.467. The number of carbonyl (C=O) groups excluding carboxylic acids is 1. The van der Waals surface area contributed by atoms with Crippen molar-refractivity contribution in [3.05, 3.63) is 90.1 Å². The molecule has 2 aromatic carbocycles. The highest BCUT2D eigenvalue weighted by Gasteiger charge is 2.12. The van der Waals surface area contributed by atoms with Gasteiger partial charge in [0.2, 0.25) is 0 Å². The molecule has 0 spiro atoms. The number of carbonyl (C=O) groups is 1. The van der Waals surface area contributed by atoms with Crippen molar-refractivity contribution in [1.29, 1.82) is 0 Å². The second-order valence-corrected chi connectivity index (χ2v) is 4.95. The summed E-state index contributed by atoms with van der Waals surface area (Å²) in [6.45, 7) is 0. The molecule has 2 aromatic rings. The predicted molar refractivity (Wildman–Crippen MR) is 88.0 cm³/mol. The van der Waals surface area contributed by atoms with E-state index in [0.29, 0.717) is 11.1 Å². The van der Waals surface area contributed by atoms with E-state index in [2.05, 4.69) is 0 Å². The van der Waals surface area contributed by atoms with E-state index in [1.54, 1.807) is 0 Å². The van der Waals surface area contributed by atoms with Gasteiger partial charge in [-0.3, -0.25) is 4.79 Å². The van der Waals surface area contributed by atoms with Crippen LogP contribution in [0.15, 0.2) is 79.0 Å². The lowest BCUT2D eigenvalue weighted by Crippen LogP contribution is -2.03. The van der Waals surface area contributed by atoms with E-state index in [9.17, 15) is 4.79 Å². The lowest BCUT2D eigenvalue weighted by molar-refractivity contribution is 0.105. The molecule has 0 heterocycles. The van der Waals surface area contributed by atoms with Crippen molar-refractivity contribution in [1.82, 2.24) is 4.90 Å². The molecule has 2 nitrogen and oxygen atoms in total. The van der Waals surface area contributed by atoms with Gasteiger partial charge in [-0.05, 0) is 23.9 Å². The van der Waals surface area contributed by atoms with Crippen molar-refractivity contribution in [2.75, 3.05) is 14.1 Å². The molecule has 0 fully saturated rings. The molecular formula is C19H19NO. The van der Waals surface area contributed by atoms with Gasteiger partial charge in [0.05, 0.1) is 0 Å². The van der Waals surface area contributed by atoms with E-state index in [1.807, 2.05) is 98.0 Å². The molecule has 0 bridgehead atoms. The lowest BCUT2D eigenvalue weighted by atomic mass is 9.96. The molecule has 0 unspecified atom stereocenters. The molecule has 0 aliphatic carbocycles. The summed E-state index contributed by atoms with van der Waals surface area (Å²) in [4.78, 5) is 14.6. The minimum Gasteiger partial charge on any atom is -0.383 e. The van der Waals surface area contributed by atoms with Gasteiger partial charge in [-0.25, -0.2) is 0 Å². The fourth-order valence-corrected chi connectivity index (χ4v) is 1.98. The number of hydrogen-bond acceptors (Lipinski definition) is 2. The highest BCUT2D eigenvalue weighted by molar-refractivity contribution is 6.29. The van der Waals surface area contributed by atoms with Gasteiger partial charge in [0, 0.05) is 25.2 Å². The maximum absolute atomic E-state index is 12.7. The summed E-state index contributed by atoms with van der Waals surface area (Å²) in [5, 5.41) is 0. The van der Waals surface area contributed by atoms with Crippen molar-refractivity contribution in [2.45, 2.75) is 0 Å². The molecule has 106 valence electrons. The second kappa shape index (κ2) is 7.25. The van der Waals surface area contributed by atoms with Crippen LogP contribution in [0.3, 0.4) is 0 Å². The topological polar surface area (TPSA) is 20.3 Å². The summed E-state index contributed by atoms with van der Waals surface area (Å²) >= 11 is 0. The van der Waals surface area contributed by atoms with Crippen molar-refractivity contribution in [3.63, 3.8) is 0 Å². The van der Waals surface area contributed by atoms with E-state index in [-0.39, 0.29) is 5.78 Å². The van der Waals surface area contributed by atoms with E-state index in [4.69, 9.17) is 0 Å². The van der Waals surface area contributed by atoms with Gasteiger partial charge in [0.25, 0.3) is 0 Å². The Morgan fingerprint density at radius 1 is 0.857 bits per heavy atom. The van der Waals surface area contributed by atoms with E-state index in [0.717, 1.165) is 5.56 Å². The number of Topliss-reactive ketones (excluding diaryl/α,β-unsaturated/α-hetero) is 1. The predicted octanol–water partition coefficient (Wildman–Crippen LogP) is 4.03. The zero-order valence-electron chi connectivity index (χ0n) is 12.4. The molecule has 0 radical (unpaired) electrons. The van der Waals surface area contributed by atoms with Gasteiger partial charge >= 0.3 is 0 Å². The van der Waals surface area contributed by atoms with E-state index in [1.165, 1.54) is 0 Å². The zero-order valence-corrected chi connectivity index (χ0v) is 12.4. The summed E-state index contributed by atoms with van der Waals surface area (Å²) in [6, 6.07) is 19.1. The van der Waals surface area contributed by atoms with Crippen LogP contribution in [-0.4, -0.2) is 24.8 Å². The summed E-state index contributed by atoms with van der Waals surface area (Å²) in [7, 11) is 3.90. The highest BCUT2D eigenvalue weighted by atomic mass is 16.1. The fourth-order valence-electron chi connectivity index (χ4n) is 1.98. The Balaban J connectivity index is 2.39. The molecular weight excluding hydrogens is 258 g/mol. The highest BCUT2D eigenvalue weighted by Crippen LogP contribution is 2.20. The molecule has 2 rings (SSSR count). The lowest BCUT2D eigenvalue weighted by Gasteiger charge is -2.07. The molecule has 2 heteroatoms. The average molecular weight is 277 g/mol. The monoisotopic (exact) mass is 277 g/mol. The summed E-state index contributed by atoms with van der Waals surface area (Å²) in [6.07, 6.45) is 5.68. The third-order valence-electron chi connectivity index (χ3n) is 3.01. The Bertz CT molecular complexity index is 640. The summed E-state index contributed by atoms with van der Waals surface area (Å²) < 4.78 is 0. The Kier molecular flexibility index (Phi) is 5.10. The molecule has 0 saturated carbocycles. The largest absolute Gasteiger partial charge is 0.383 e. The first-order chi connectivity index (χ1) is 10.2. The second-order valence-electron chi connectivity index (χ2n) is 4.95. The van der Waals surface area contributed by atoms with Crippen LogP contribution >= 0.6 is 0 Å². The Hall–Kier alpha value is -2.61. The number of hydrogen-bond donors (Lipinski definition) is 0. The van der Waals surface area contributed by atoms with Crippen LogP contribution in [0.1, 0.15) is 15.9 Å². The first-order valence-corrected chi connectivity index (χ1v) is 6.88. The zero-order chi connectivity index (χ0) is 15.1. The maximum atomic E-state index is 12.7. The minimum atomic E-state index is 0.0326. The van der Waals surface area contributed by atoms with Crippen LogP contribution in [0.5, 0.6) is 0 Å². The van der Waals surface area contributed by atoms with Gasteiger partial charge in [-0.15, -0.1) is 0 Å². The molecule has 0 N–H and O–H groups in total. The van der Waals surface area contributed by atoms with Gasteiger partial charge < -0.3 is 4.90 Å². The van der Waals surface area contributed by atoms with Crippen LogP contribution < -0.4 is 0 Å². The van der Waals surface area contributed by atoms with E-state index >= 15 is 0 Å². The van der Waals surface area contributed by atoms with Crippen LogP contribution in [0.2, 0.25) is 0 Å². The third kappa shape index (κ3) is 4.18. The molecule has 0 aromatic heterocycles. The summed E-state index contributed by atoms with van der Waals surface area (Å²) in [5.74, 6) is 0.0326. The third-order valence-corrected chi connectivity index (χ3v) is 3.01. The Morgan fingerprint density at radius 3 is 1.90 bits per heavy atom. The molecule has 0 atom stereocenters. The average Bonchev–Trinajstić information content (AvgIpc) is 2.52. The number of rotatable bonds is 5. The van der Waals surface area contributed by atoms with Gasteiger partial charge in [-0.2, -0.15) is 0 Å². The summed E-state index contributed by atoms with van der Waals surface area (Å²) in [5.41, 5.74) is 2.32. The van der Waals surface area contributed by atoms with Crippen molar-refractivity contribution < 1.29 is 4.79 Å². The minimum absolute atomic E-state index is 0.0326. The van der Waals surface area contributed by atoms with Crippen LogP contribution in [0.4, 0.5) is 0 Å². The van der Waals surface area contributed by atoms with Crippen molar-refractivity contribution >= 4 is 11.4 Å². The van der Waals surface area contributed by atoms with Gasteiger partial charge in [0.1, 0.15) is 0 Å². The Morgan fingerprint density at radius 2 is 1.38 bits per heavy atom. The maximum Gasteiger partial charge on any atom is 0.193 e. The molecule has 0 aliphatic rings. The Labute approximate surface area is 126 Å². The first kappa shape index (κ1) is 14.8. The molecule has 0 saturated heterocycles. The van der Waals surface area contributed by atoms with Crippen LogP contribution in [-0.2, 0) is 0 Å². The number of nitrogens with zero attached hydrogens (tertiary/aromatic N) is 1. The molecule has 0 aliphatic heterocycles. The molecule has 0 amide bonds. The van der Waals surface area contributed by atoms with Crippen LogP contribution in [0.25, 0.3) is 5.57 Å². The first-order valence-electron chi connectivity index (χ1n) is 6.88. The van der Waals surface area contributed by atoms with Crippen LogP contribution in [0, 0.1) is 0 Å². The SMILES string of the molecule is CN(C)C=CC=C(C(=O)c1ccccc1)c1ccccc1. The smallest absolute Gasteiger partial charge is 0.193 e. The number of allylic oxidation sites excluding steroid dienone is 3. The fraction of sp³-hybridized carbons (Fsp3) is 0.105. The van der Waals surface area contributed by atoms with Gasteiger partial charge in [0.15, 0.2) is 5.78 Å². The van der Waals surface area contributed by atoms with Gasteiger partial charge in [-0.1, -0.05) is 60.7 Å². The standard InChI is InChI=1S/C19H19NO/c1-20(2)15-9-14-18(16-10-5-3-6-11-16)19(21)17-12-7-4-8-13-17/h3-15H,1-2H3. The normalized spacial score (nSPS) is 11.6. The number of ketones is 1. The number of benzene rings is 2. The molecule has 21 heavy (non-hydrogen) atoms. The van der Waals surface area contributed by atoms with E-state index < -0.39 is 0 Å².